The van der Waals surface area contributed by atoms with Crippen LogP contribution >= 0.6 is 0 Å². The van der Waals surface area contributed by atoms with Crippen LogP contribution in [0.25, 0.3) is 0 Å². The van der Waals surface area contributed by atoms with Gasteiger partial charge in [0.2, 0.25) is 0 Å². The standard InChI is InChI=1S/C18H27NO2/c1-3-18(2,19-12-14-21-15-13-19)17(20)11-7-10-16-8-5-4-6-9-16/h4-6,8-9H,3,7,10-15H2,1-2H3. The van der Waals surface area contributed by atoms with E-state index in [4.69, 9.17) is 4.74 Å². The van der Waals surface area contributed by atoms with Crippen LogP contribution < -0.4 is 0 Å². The number of hydrogen-bond acceptors (Lipinski definition) is 3. The molecule has 0 radical (unpaired) electrons. The number of carbonyl (C=O) groups excluding carboxylic acids is 1. The van der Waals surface area contributed by atoms with Crippen LogP contribution in [-0.2, 0) is 16.0 Å². The molecule has 0 N–H and O–H groups in total. The number of nitrogens with zero attached hydrogens (tertiary/aromatic N) is 1. The highest BCUT2D eigenvalue weighted by Crippen LogP contribution is 2.24. The summed E-state index contributed by atoms with van der Waals surface area (Å²) in [4.78, 5) is 15.0. The molecule has 2 rings (SSSR count). The predicted molar refractivity (Wildman–Crippen MR) is 85.5 cm³/mol. The lowest BCUT2D eigenvalue weighted by molar-refractivity contribution is -0.134. The zero-order valence-electron chi connectivity index (χ0n) is 13.3. The number of aryl methyl sites for hydroxylation is 1. The molecule has 3 nitrogen and oxygen atoms in total. The van der Waals surface area contributed by atoms with Crippen LogP contribution in [0, 0.1) is 0 Å². The molecule has 1 aromatic carbocycles. The summed E-state index contributed by atoms with van der Waals surface area (Å²) in [5.74, 6) is 0.378. The molecule has 1 unspecified atom stereocenters. The fourth-order valence-electron chi connectivity index (χ4n) is 3.02. The molecule has 1 aromatic rings. The van der Waals surface area contributed by atoms with Gasteiger partial charge in [-0.3, -0.25) is 9.69 Å². The van der Waals surface area contributed by atoms with Crippen LogP contribution in [0.5, 0.6) is 0 Å². The number of carbonyl (C=O) groups is 1. The Bertz CT molecular complexity index is 440. The SMILES string of the molecule is CCC(C)(C(=O)CCCc1ccccc1)N1CCOCC1. The molecule has 0 aliphatic carbocycles. The van der Waals surface area contributed by atoms with E-state index >= 15 is 0 Å². The van der Waals surface area contributed by atoms with Gasteiger partial charge in [-0.2, -0.15) is 0 Å². The number of morpholine rings is 1. The number of rotatable bonds is 7. The first kappa shape index (κ1) is 16.2. The Labute approximate surface area is 128 Å². The highest BCUT2D eigenvalue weighted by molar-refractivity contribution is 5.88. The molecule has 0 amide bonds. The van der Waals surface area contributed by atoms with E-state index in [1.165, 1.54) is 5.56 Å². The molecular weight excluding hydrogens is 262 g/mol. The highest BCUT2D eigenvalue weighted by Gasteiger charge is 2.37. The summed E-state index contributed by atoms with van der Waals surface area (Å²) in [5, 5.41) is 0. The first-order chi connectivity index (χ1) is 10.2. The molecule has 1 saturated heterocycles. The van der Waals surface area contributed by atoms with Crippen molar-refractivity contribution in [3.05, 3.63) is 35.9 Å². The first-order valence-electron chi connectivity index (χ1n) is 8.07. The zero-order chi connectivity index (χ0) is 15.1. The Balaban J connectivity index is 1.87. The number of ketones is 1. The molecule has 1 atom stereocenters. The summed E-state index contributed by atoms with van der Waals surface area (Å²) < 4.78 is 5.41. The number of Topliss-reactive ketones (excluding diaryl/α,β-unsaturated/α-hetero) is 1. The van der Waals surface area contributed by atoms with Crippen molar-refractivity contribution in [3.63, 3.8) is 0 Å². The highest BCUT2D eigenvalue weighted by atomic mass is 16.5. The number of benzene rings is 1. The average Bonchev–Trinajstić information content (AvgIpc) is 2.55. The molecule has 116 valence electrons. The molecule has 0 saturated carbocycles. The van der Waals surface area contributed by atoms with Gasteiger partial charge < -0.3 is 4.74 Å². The minimum absolute atomic E-state index is 0.319. The topological polar surface area (TPSA) is 29.5 Å². The Morgan fingerprint density at radius 1 is 1.24 bits per heavy atom. The van der Waals surface area contributed by atoms with Gasteiger partial charge in [0.25, 0.3) is 0 Å². The second kappa shape index (κ2) is 7.71. The van der Waals surface area contributed by atoms with Crippen molar-refractivity contribution in [2.45, 2.75) is 45.1 Å². The van der Waals surface area contributed by atoms with Crippen molar-refractivity contribution in [1.82, 2.24) is 4.90 Å². The van der Waals surface area contributed by atoms with E-state index in [1.807, 2.05) is 6.07 Å². The monoisotopic (exact) mass is 289 g/mol. The van der Waals surface area contributed by atoms with Crippen molar-refractivity contribution in [1.29, 1.82) is 0 Å². The molecular formula is C18H27NO2. The molecule has 0 bridgehead atoms. The van der Waals surface area contributed by atoms with E-state index < -0.39 is 0 Å². The summed E-state index contributed by atoms with van der Waals surface area (Å²) >= 11 is 0. The number of hydrogen-bond donors (Lipinski definition) is 0. The van der Waals surface area contributed by atoms with Gasteiger partial charge in [0.1, 0.15) is 0 Å². The van der Waals surface area contributed by atoms with Crippen LogP contribution in [0.15, 0.2) is 30.3 Å². The van der Waals surface area contributed by atoms with E-state index in [2.05, 4.69) is 43.0 Å². The summed E-state index contributed by atoms with van der Waals surface area (Å²) in [6, 6.07) is 10.4. The Morgan fingerprint density at radius 2 is 1.90 bits per heavy atom. The maximum atomic E-state index is 12.7. The molecule has 0 spiro atoms. The zero-order valence-corrected chi connectivity index (χ0v) is 13.3. The van der Waals surface area contributed by atoms with E-state index in [0.717, 1.165) is 45.6 Å². The molecule has 1 fully saturated rings. The van der Waals surface area contributed by atoms with E-state index in [0.29, 0.717) is 12.2 Å². The summed E-state index contributed by atoms with van der Waals surface area (Å²) in [6.07, 6.45) is 3.45. The van der Waals surface area contributed by atoms with Crippen LogP contribution in [0.3, 0.4) is 0 Å². The molecule has 1 heterocycles. The Kier molecular flexibility index (Phi) is 5.95. The van der Waals surface area contributed by atoms with Crippen LogP contribution in [0.1, 0.15) is 38.7 Å². The van der Waals surface area contributed by atoms with E-state index in [1.54, 1.807) is 0 Å². The Hall–Kier alpha value is -1.19. The van der Waals surface area contributed by atoms with Crippen LogP contribution in [-0.4, -0.2) is 42.5 Å². The normalized spacial score (nSPS) is 19.1. The second-order valence-corrected chi connectivity index (χ2v) is 5.99. The smallest absolute Gasteiger partial charge is 0.152 e. The van der Waals surface area contributed by atoms with Crippen molar-refractivity contribution >= 4 is 5.78 Å². The third-order valence-electron chi connectivity index (χ3n) is 4.71. The van der Waals surface area contributed by atoms with E-state index in [9.17, 15) is 4.79 Å². The summed E-state index contributed by atoms with van der Waals surface area (Å²) in [7, 11) is 0. The van der Waals surface area contributed by atoms with Crippen LogP contribution in [0.4, 0.5) is 0 Å². The molecule has 0 aromatic heterocycles. The van der Waals surface area contributed by atoms with Crippen molar-refractivity contribution in [2.75, 3.05) is 26.3 Å². The van der Waals surface area contributed by atoms with Crippen molar-refractivity contribution in [2.24, 2.45) is 0 Å². The summed E-state index contributed by atoms with van der Waals surface area (Å²) in [6.45, 7) is 7.44. The molecule has 1 aliphatic rings. The quantitative estimate of drug-likeness (QED) is 0.772. The summed E-state index contributed by atoms with van der Waals surface area (Å²) in [5.41, 5.74) is 0.996. The van der Waals surface area contributed by atoms with Gasteiger partial charge >= 0.3 is 0 Å². The first-order valence-corrected chi connectivity index (χ1v) is 8.07. The minimum atomic E-state index is -0.319. The van der Waals surface area contributed by atoms with Gasteiger partial charge in [-0.1, -0.05) is 37.3 Å². The Morgan fingerprint density at radius 3 is 2.52 bits per heavy atom. The average molecular weight is 289 g/mol. The van der Waals surface area contributed by atoms with E-state index in [-0.39, 0.29) is 5.54 Å². The van der Waals surface area contributed by atoms with Gasteiger partial charge in [-0.05, 0) is 31.7 Å². The lowest BCUT2D eigenvalue weighted by Gasteiger charge is -2.41. The predicted octanol–water partition coefficient (Wildman–Crippen LogP) is 3.08. The largest absolute Gasteiger partial charge is 0.379 e. The second-order valence-electron chi connectivity index (χ2n) is 5.99. The lowest BCUT2D eigenvalue weighted by Crippen LogP contribution is -2.56. The molecule has 1 aliphatic heterocycles. The third kappa shape index (κ3) is 4.14. The fourth-order valence-corrected chi connectivity index (χ4v) is 3.02. The fraction of sp³-hybridized carbons (Fsp3) is 0.611. The van der Waals surface area contributed by atoms with Gasteiger partial charge in [-0.15, -0.1) is 0 Å². The molecule has 21 heavy (non-hydrogen) atoms. The van der Waals surface area contributed by atoms with Gasteiger partial charge in [0.15, 0.2) is 5.78 Å². The maximum Gasteiger partial charge on any atom is 0.152 e. The maximum absolute atomic E-state index is 12.7. The van der Waals surface area contributed by atoms with Gasteiger partial charge in [0, 0.05) is 19.5 Å². The lowest BCUT2D eigenvalue weighted by atomic mass is 9.87. The van der Waals surface area contributed by atoms with Gasteiger partial charge in [0.05, 0.1) is 18.8 Å². The van der Waals surface area contributed by atoms with Crippen LogP contribution in [0.2, 0.25) is 0 Å². The van der Waals surface area contributed by atoms with Crippen molar-refractivity contribution < 1.29 is 9.53 Å². The number of ether oxygens (including phenoxy) is 1. The third-order valence-corrected chi connectivity index (χ3v) is 4.71. The minimum Gasteiger partial charge on any atom is -0.379 e. The molecule has 3 heteroatoms. The van der Waals surface area contributed by atoms with Gasteiger partial charge in [-0.25, -0.2) is 0 Å². The van der Waals surface area contributed by atoms with Crippen molar-refractivity contribution in [3.8, 4) is 0 Å².